The third-order valence-electron chi connectivity index (χ3n) is 6.51. The van der Waals surface area contributed by atoms with Crippen LogP contribution in [0.3, 0.4) is 0 Å². The van der Waals surface area contributed by atoms with Crippen LogP contribution in [-0.4, -0.2) is 44.9 Å². The normalized spacial score (nSPS) is 35.1. The van der Waals surface area contributed by atoms with Crippen molar-refractivity contribution in [1.29, 1.82) is 0 Å². The van der Waals surface area contributed by atoms with Gasteiger partial charge in [0.05, 0.1) is 6.54 Å². The Morgan fingerprint density at radius 2 is 1.50 bits per heavy atom. The van der Waals surface area contributed by atoms with E-state index in [0.29, 0.717) is 0 Å². The van der Waals surface area contributed by atoms with E-state index in [4.69, 9.17) is 9.47 Å². The van der Waals surface area contributed by atoms with Gasteiger partial charge in [-0.25, -0.2) is 0 Å². The smallest absolute Gasteiger partial charge is 0.309 e. The van der Waals surface area contributed by atoms with Crippen LogP contribution in [0.1, 0.15) is 45.4 Å². The topological polar surface area (TPSA) is 76.7 Å². The molecule has 0 aromatic rings. The molecule has 4 saturated carbocycles. The Kier molecular flexibility index (Phi) is 5.16. The van der Waals surface area contributed by atoms with E-state index in [1.54, 1.807) is 0 Å². The molecule has 4 fully saturated rings. The van der Waals surface area contributed by atoms with E-state index in [-0.39, 0.29) is 18.0 Å². The van der Waals surface area contributed by atoms with Gasteiger partial charge in [-0.1, -0.05) is 0 Å². The predicted molar refractivity (Wildman–Crippen MR) is 89.0 cm³/mol. The SMILES string of the molecule is COC(CNC(=O)C(=O)NC(C)C12CC3CC(CC(C3)C1)C2)OC. The Hall–Kier alpha value is -1.14. The van der Waals surface area contributed by atoms with Gasteiger partial charge < -0.3 is 20.1 Å². The summed E-state index contributed by atoms with van der Waals surface area (Å²) in [6, 6.07) is 0.0461. The molecule has 24 heavy (non-hydrogen) atoms. The second-order valence-electron chi connectivity index (χ2n) is 8.09. The third kappa shape index (κ3) is 3.45. The summed E-state index contributed by atoms with van der Waals surface area (Å²) < 4.78 is 10.0. The number of rotatable bonds is 6. The minimum atomic E-state index is -0.620. The summed E-state index contributed by atoms with van der Waals surface area (Å²) in [5.41, 5.74) is 0.201. The van der Waals surface area contributed by atoms with Gasteiger partial charge in [-0.05, 0) is 68.6 Å². The molecule has 4 aliphatic rings. The molecular weight excluding hydrogens is 308 g/mol. The summed E-state index contributed by atoms with van der Waals surface area (Å²) in [6.45, 7) is 2.23. The zero-order valence-corrected chi connectivity index (χ0v) is 15.0. The van der Waals surface area contributed by atoms with Gasteiger partial charge >= 0.3 is 11.8 Å². The van der Waals surface area contributed by atoms with Crippen molar-refractivity contribution in [2.75, 3.05) is 20.8 Å². The Balaban J connectivity index is 1.53. The highest BCUT2D eigenvalue weighted by molar-refractivity contribution is 6.35. The average molecular weight is 338 g/mol. The zero-order valence-electron chi connectivity index (χ0n) is 15.0. The van der Waals surface area contributed by atoms with Gasteiger partial charge in [-0.15, -0.1) is 0 Å². The minimum Gasteiger partial charge on any atom is -0.354 e. The molecule has 0 saturated heterocycles. The number of nitrogens with one attached hydrogen (secondary N) is 2. The summed E-state index contributed by atoms with van der Waals surface area (Å²) in [4.78, 5) is 24.2. The molecule has 136 valence electrons. The summed E-state index contributed by atoms with van der Waals surface area (Å²) in [5, 5.41) is 5.53. The maximum atomic E-state index is 12.2. The number of carbonyl (C=O) groups excluding carboxylic acids is 2. The number of methoxy groups -OCH3 is 2. The maximum absolute atomic E-state index is 12.2. The van der Waals surface area contributed by atoms with E-state index in [1.165, 1.54) is 52.7 Å². The largest absolute Gasteiger partial charge is 0.354 e. The maximum Gasteiger partial charge on any atom is 0.309 e. The molecule has 0 aliphatic heterocycles. The number of ether oxygens (including phenoxy) is 2. The molecule has 2 amide bonds. The van der Waals surface area contributed by atoms with Crippen LogP contribution in [-0.2, 0) is 19.1 Å². The average Bonchev–Trinajstić information content (AvgIpc) is 2.54. The molecule has 0 aromatic heterocycles. The van der Waals surface area contributed by atoms with E-state index >= 15 is 0 Å². The van der Waals surface area contributed by atoms with Gasteiger partial charge in [0.2, 0.25) is 0 Å². The molecule has 0 heterocycles. The van der Waals surface area contributed by atoms with Crippen molar-refractivity contribution >= 4 is 11.8 Å². The molecule has 1 unspecified atom stereocenters. The highest BCUT2D eigenvalue weighted by atomic mass is 16.7. The first-order valence-corrected chi connectivity index (χ1v) is 9.10. The molecule has 4 rings (SSSR count). The molecule has 6 nitrogen and oxygen atoms in total. The van der Waals surface area contributed by atoms with Gasteiger partial charge in [0.1, 0.15) is 0 Å². The Morgan fingerprint density at radius 3 is 1.96 bits per heavy atom. The standard InChI is InChI=1S/C18H30N2O4/c1-11(20-17(22)16(21)19-10-15(23-2)24-3)18-7-12-4-13(8-18)6-14(5-12)9-18/h11-15H,4-10H2,1-3H3,(H,19,21)(H,20,22). The van der Waals surface area contributed by atoms with Crippen molar-refractivity contribution in [2.24, 2.45) is 23.2 Å². The Labute approximate surface area is 144 Å². The Bertz CT molecular complexity index is 454. The van der Waals surface area contributed by atoms with E-state index in [0.717, 1.165) is 17.8 Å². The van der Waals surface area contributed by atoms with Gasteiger partial charge in [0.25, 0.3) is 0 Å². The lowest BCUT2D eigenvalue weighted by molar-refractivity contribution is -0.143. The van der Waals surface area contributed by atoms with Crippen molar-refractivity contribution < 1.29 is 19.1 Å². The molecule has 0 spiro atoms. The highest BCUT2D eigenvalue weighted by Crippen LogP contribution is 2.61. The van der Waals surface area contributed by atoms with E-state index < -0.39 is 18.1 Å². The van der Waals surface area contributed by atoms with E-state index in [2.05, 4.69) is 17.6 Å². The summed E-state index contributed by atoms with van der Waals surface area (Å²) in [5.74, 6) is 1.31. The molecule has 0 aromatic carbocycles. The number of carbonyl (C=O) groups is 2. The molecule has 4 aliphatic carbocycles. The molecule has 4 bridgehead atoms. The van der Waals surface area contributed by atoms with Crippen LogP contribution in [0, 0.1) is 23.2 Å². The van der Waals surface area contributed by atoms with Gasteiger partial charge in [-0.2, -0.15) is 0 Å². The quantitative estimate of drug-likeness (QED) is 0.568. The fourth-order valence-electron chi connectivity index (χ4n) is 5.64. The second-order valence-corrected chi connectivity index (χ2v) is 8.09. The van der Waals surface area contributed by atoms with Crippen molar-refractivity contribution in [3.8, 4) is 0 Å². The number of hydrogen-bond acceptors (Lipinski definition) is 4. The summed E-state index contributed by atoms with van der Waals surface area (Å²) in [6.07, 6.45) is 7.19. The van der Waals surface area contributed by atoms with Gasteiger partial charge in [0.15, 0.2) is 6.29 Å². The molecule has 0 radical (unpaired) electrons. The fraction of sp³-hybridized carbons (Fsp3) is 0.889. The van der Waals surface area contributed by atoms with Crippen molar-refractivity contribution in [1.82, 2.24) is 10.6 Å². The van der Waals surface area contributed by atoms with Crippen molar-refractivity contribution in [2.45, 2.75) is 57.8 Å². The fourth-order valence-corrected chi connectivity index (χ4v) is 5.64. The lowest BCUT2D eigenvalue weighted by Gasteiger charge is -2.59. The summed E-state index contributed by atoms with van der Waals surface area (Å²) in [7, 11) is 2.99. The van der Waals surface area contributed by atoms with E-state index in [1.807, 2.05) is 0 Å². The monoisotopic (exact) mass is 338 g/mol. The number of amides is 2. The number of hydrogen-bond donors (Lipinski definition) is 2. The van der Waals surface area contributed by atoms with E-state index in [9.17, 15) is 9.59 Å². The first-order valence-electron chi connectivity index (χ1n) is 9.10. The lowest BCUT2D eigenvalue weighted by atomic mass is 9.48. The van der Waals surface area contributed by atoms with Gasteiger partial charge in [-0.3, -0.25) is 9.59 Å². The van der Waals surface area contributed by atoms with Crippen molar-refractivity contribution in [3.05, 3.63) is 0 Å². The Morgan fingerprint density at radius 1 is 1.00 bits per heavy atom. The summed E-state index contributed by atoms with van der Waals surface area (Å²) >= 11 is 0. The molecule has 6 heteroatoms. The molecule has 2 N–H and O–H groups in total. The van der Waals surface area contributed by atoms with Crippen LogP contribution in [0.2, 0.25) is 0 Å². The lowest BCUT2D eigenvalue weighted by Crippen LogP contribution is -2.57. The van der Waals surface area contributed by atoms with Crippen LogP contribution < -0.4 is 10.6 Å². The molecular formula is C18H30N2O4. The van der Waals surface area contributed by atoms with Gasteiger partial charge in [0, 0.05) is 20.3 Å². The van der Waals surface area contributed by atoms with Crippen LogP contribution >= 0.6 is 0 Å². The highest BCUT2D eigenvalue weighted by Gasteiger charge is 2.53. The zero-order chi connectivity index (χ0) is 17.3. The minimum absolute atomic E-state index is 0.0461. The van der Waals surface area contributed by atoms with Crippen molar-refractivity contribution in [3.63, 3.8) is 0 Å². The van der Waals surface area contributed by atoms with Crippen LogP contribution in [0.25, 0.3) is 0 Å². The second kappa shape index (κ2) is 7.00. The van der Waals surface area contributed by atoms with Crippen LogP contribution in [0.15, 0.2) is 0 Å². The van der Waals surface area contributed by atoms with Crippen LogP contribution in [0.4, 0.5) is 0 Å². The third-order valence-corrected chi connectivity index (χ3v) is 6.51. The molecule has 1 atom stereocenters. The predicted octanol–water partition coefficient (Wildman–Crippen LogP) is 1.44. The van der Waals surface area contributed by atoms with Crippen LogP contribution in [0.5, 0.6) is 0 Å². The first-order chi connectivity index (χ1) is 11.5. The first kappa shape index (κ1) is 17.7.